The van der Waals surface area contributed by atoms with Gasteiger partial charge in [0, 0.05) is 35.0 Å². The van der Waals surface area contributed by atoms with Crippen molar-refractivity contribution in [1.29, 1.82) is 0 Å². The second kappa shape index (κ2) is 12.9. The van der Waals surface area contributed by atoms with Gasteiger partial charge >= 0.3 is 5.97 Å². The highest BCUT2D eigenvalue weighted by Crippen LogP contribution is 2.32. The fourth-order valence-corrected chi connectivity index (χ4v) is 6.92. The molecule has 2 unspecified atom stereocenters. The smallest absolute Gasteiger partial charge is 0.309 e. The van der Waals surface area contributed by atoms with E-state index in [2.05, 4.69) is 72.9 Å². The van der Waals surface area contributed by atoms with Crippen LogP contribution in [0.1, 0.15) is 139 Å². The lowest BCUT2D eigenvalue weighted by atomic mass is 9.81. The average Bonchev–Trinajstić information content (AvgIpc) is 2.64. The van der Waals surface area contributed by atoms with Crippen molar-refractivity contribution >= 4 is 5.97 Å². The molecule has 0 aromatic heterocycles. The topological polar surface area (TPSA) is 79.8 Å². The molecule has 0 amide bonds. The highest BCUT2D eigenvalue weighted by Gasteiger charge is 2.40. The summed E-state index contributed by atoms with van der Waals surface area (Å²) in [5.41, 5.74) is 0.00697. The van der Waals surface area contributed by atoms with E-state index in [1.54, 1.807) is 0 Å². The minimum absolute atomic E-state index is 0.000170. The number of hydrogen-bond acceptors (Lipinski definition) is 6. The highest BCUT2D eigenvalue weighted by molar-refractivity contribution is 5.72. The van der Waals surface area contributed by atoms with E-state index in [9.17, 15) is 9.90 Å². The molecule has 2 atom stereocenters. The van der Waals surface area contributed by atoms with Crippen molar-refractivity contribution in [2.24, 2.45) is 5.92 Å². The van der Waals surface area contributed by atoms with Gasteiger partial charge < -0.3 is 25.2 Å². The summed E-state index contributed by atoms with van der Waals surface area (Å²) in [7, 11) is 0. The van der Waals surface area contributed by atoms with Gasteiger partial charge in [0.25, 0.3) is 0 Å². The zero-order valence-corrected chi connectivity index (χ0v) is 25.0. The summed E-state index contributed by atoms with van der Waals surface area (Å²) in [6.07, 6.45) is 10.8. The lowest BCUT2D eigenvalue weighted by Crippen LogP contribution is -2.59. The van der Waals surface area contributed by atoms with Crippen LogP contribution < -0.4 is 10.6 Å². The van der Waals surface area contributed by atoms with Crippen molar-refractivity contribution < 1.29 is 19.4 Å². The number of piperidine rings is 2. The van der Waals surface area contributed by atoms with E-state index in [0.717, 1.165) is 70.6 Å². The summed E-state index contributed by atoms with van der Waals surface area (Å²) >= 11 is 0. The molecule has 6 nitrogen and oxygen atoms in total. The monoisotopic (exact) mass is 510 g/mol. The molecule has 3 N–H and O–H groups in total. The lowest BCUT2D eigenvalue weighted by Gasteiger charge is -2.46. The van der Waals surface area contributed by atoms with E-state index in [1.807, 2.05) is 0 Å². The molecule has 0 radical (unpaired) electrons. The number of aliphatic hydroxyl groups is 1. The van der Waals surface area contributed by atoms with E-state index in [-0.39, 0.29) is 46.3 Å². The van der Waals surface area contributed by atoms with Crippen LogP contribution in [0.3, 0.4) is 0 Å². The molecule has 6 heteroatoms. The van der Waals surface area contributed by atoms with E-state index in [4.69, 9.17) is 9.47 Å². The van der Waals surface area contributed by atoms with Crippen LogP contribution in [0.15, 0.2) is 0 Å². The maximum atomic E-state index is 12.9. The van der Waals surface area contributed by atoms with Crippen LogP contribution in [0, 0.1) is 5.92 Å². The van der Waals surface area contributed by atoms with Crippen LogP contribution >= 0.6 is 0 Å². The fraction of sp³-hybridized carbons (Fsp3) is 0.967. The summed E-state index contributed by atoms with van der Waals surface area (Å²) in [5.74, 6) is -0.0136. The van der Waals surface area contributed by atoms with Crippen molar-refractivity contribution in [2.45, 2.75) is 180 Å². The molecule has 2 aliphatic rings. The molecule has 2 saturated heterocycles. The first-order chi connectivity index (χ1) is 16.5. The normalized spacial score (nSPS) is 25.3. The SMILES string of the molecule is CCC(CCCCCCCC(O)OC1CC(C)(C)NC(C)(C)C1)C(=O)OC1CC(C)(C)NC(C)(C)C1. The first-order valence-corrected chi connectivity index (χ1v) is 14.6. The number of unbranched alkanes of at least 4 members (excludes halogenated alkanes) is 4. The van der Waals surface area contributed by atoms with Crippen LogP contribution in [-0.2, 0) is 14.3 Å². The summed E-state index contributed by atoms with van der Waals surface area (Å²) in [5, 5.41) is 17.7. The van der Waals surface area contributed by atoms with Crippen LogP contribution in [0.25, 0.3) is 0 Å². The number of esters is 1. The Morgan fingerprint density at radius 1 is 0.750 bits per heavy atom. The molecule has 36 heavy (non-hydrogen) atoms. The van der Waals surface area contributed by atoms with Crippen molar-refractivity contribution in [3.05, 3.63) is 0 Å². The minimum Gasteiger partial charge on any atom is -0.462 e. The highest BCUT2D eigenvalue weighted by atomic mass is 16.6. The molecule has 0 spiro atoms. The molecule has 2 aliphatic heterocycles. The van der Waals surface area contributed by atoms with E-state index in [0.29, 0.717) is 6.42 Å². The third-order valence-corrected chi connectivity index (χ3v) is 7.77. The van der Waals surface area contributed by atoms with Gasteiger partial charge in [0.15, 0.2) is 6.29 Å². The van der Waals surface area contributed by atoms with Crippen molar-refractivity contribution in [3.8, 4) is 0 Å². The van der Waals surface area contributed by atoms with Gasteiger partial charge in [-0.15, -0.1) is 0 Å². The van der Waals surface area contributed by atoms with Crippen LogP contribution in [0.4, 0.5) is 0 Å². The van der Waals surface area contributed by atoms with Crippen molar-refractivity contribution in [1.82, 2.24) is 10.6 Å². The molecule has 0 bridgehead atoms. The maximum absolute atomic E-state index is 12.9. The standard InChI is InChI=1S/C30H58N2O4/c1-10-22(26(34)36-24-20-29(6,7)32-30(8,9)21-24)16-14-12-11-13-15-17-25(33)35-23-18-27(2,3)31-28(4,5)19-23/h22-25,31-33H,10-21H2,1-9H3. The van der Waals surface area contributed by atoms with Gasteiger partial charge in [0.2, 0.25) is 0 Å². The maximum Gasteiger partial charge on any atom is 0.309 e. The van der Waals surface area contributed by atoms with Gasteiger partial charge in [-0.25, -0.2) is 0 Å². The van der Waals surface area contributed by atoms with Crippen LogP contribution in [0.5, 0.6) is 0 Å². The Bertz CT molecular complexity index is 656. The Morgan fingerprint density at radius 2 is 1.17 bits per heavy atom. The van der Waals surface area contributed by atoms with Crippen molar-refractivity contribution in [3.63, 3.8) is 0 Å². The molecular weight excluding hydrogens is 452 g/mol. The average molecular weight is 511 g/mol. The van der Waals surface area contributed by atoms with E-state index < -0.39 is 6.29 Å². The Morgan fingerprint density at radius 3 is 1.64 bits per heavy atom. The number of carbonyl (C=O) groups is 1. The Kier molecular flexibility index (Phi) is 11.3. The van der Waals surface area contributed by atoms with Gasteiger partial charge in [0.1, 0.15) is 6.10 Å². The van der Waals surface area contributed by atoms with Gasteiger partial charge in [-0.05, 0) is 93.9 Å². The second-order valence-corrected chi connectivity index (χ2v) is 14.3. The van der Waals surface area contributed by atoms with Gasteiger partial charge in [-0.3, -0.25) is 4.79 Å². The predicted octanol–water partition coefficient (Wildman–Crippen LogP) is 6.24. The number of nitrogens with one attached hydrogen (secondary N) is 2. The first kappa shape index (κ1) is 31.5. The quantitative estimate of drug-likeness (QED) is 0.155. The van der Waals surface area contributed by atoms with E-state index in [1.165, 1.54) is 0 Å². The Hall–Kier alpha value is -0.690. The molecule has 2 heterocycles. The van der Waals surface area contributed by atoms with Gasteiger partial charge in [-0.1, -0.05) is 32.6 Å². The summed E-state index contributed by atoms with van der Waals surface area (Å²) in [6.45, 7) is 19.6. The van der Waals surface area contributed by atoms with Crippen molar-refractivity contribution in [2.75, 3.05) is 0 Å². The van der Waals surface area contributed by atoms with Crippen LogP contribution in [0.2, 0.25) is 0 Å². The predicted molar refractivity (Wildman–Crippen MR) is 148 cm³/mol. The molecule has 2 fully saturated rings. The number of ether oxygens (including phenoxy) is 2. The Balaban J connectivity index is 1.60. The largest absolute Gasteiger partial charge is 0.462 e. The summed E-state index contributed by atoms with van der Waals surface area (Å²) in [4.78, 5) is 12.9. The van der Waals surface area contributed by atoms with E-state index >= 15 is 0 Å². The van der Waals surface area contributed by atoms with Gasteiger partial charge in [-0.2, -0.15) is 0 Å². The molecule has 212 valence electrons. The molecule has 0 aliphatic carbocycles. The Labute approximate surface area is 222 Å². The summed E-state index contributed by atoms with van der Waals surface area (Å²) < 4.78 is 12.0. The molecular formula is C30H58N2O4. The molecule has 0 aromatic rings. The zero-order chi connectivity index (χ0) is 27.2. The first-order valence-electron chi connectivity index (χ1n) is 14.6. The number of aliphatic hydroxyl groups excluding tert-OH is 1. The lowest BCUT2D eigenvalue weighted by molar-refractivity contribution is -0.161. The van der Waals surface area contributed by atoms with Crippen LogP contribution in [-0.4, -0.2) is 51.7 Å². The number of hydrogen-bond donors (Lipinski definition) is 3. The number of rotatable bonds is 13. The molecule has 0 saturated carbocycles. The third kappa shape index (κ3) is 11.4. The molecule has 2 rings (SSSR count). The second-order valence-electron chi connectivity index (χ2n) is 14.3. The van der Waals surface area contributed by atoms with Gasteiger partial charge in [0.05, 0.1) is 12.0 Å². The molecule has 0 aromatic carbocycles. The minimum atomic E-state index is -0.677. The third-order valence-electron chi connectivity index (χ3n) is 7.77. The zero-order valence-electron chi connectivity index (χ0n) is 25.0. The fourth-order valence-electron chi connectivity index (χ4n) is 6.92. The summed E-state index contributed by atoms with van der Waals surface area (Å²) in [6, 6.07) is 0. The number of carbonyl (C=O) groups excluding carboxylic acids is 1.